The van der Waals surface area contributed by atoms with Crippen molar-refractivity contribution < 1.29 is 22.8 Å². The van der Waals surface area contributed by atoms with Crippen molar-refractivity contribution in [2.45, 2.75) is 51.9 Å². The summed E-state index contributed by atoms with van der Waals surface area (Å²) in [6.07, 6.45) is -4.67. The predicted molar refractivity (Wildman–Crippen MR) is 117 cm³/mol. The lowest BCUT2D eigenvalue weighted by atomic mass is 9.85. The SMILES string of the molecule is CC(=O)NC1=C(c2cc3n(n2)[C@@H](C)CN(Cc2ccc(C#N)cc2)C3=O)CCC(C(F)(F)F)C1. The molecular weight excluding hydrogens is 447 g/mol. The molecule has 0 bridgehead atoms. The van der Waals surface area contributed by atoms with Crippen LogP contribution in [-0.4, -0.2) is 39.2 Å². The maximum absolute atomic E-state index is 13.3. The summed E-state index contributed by atoms with van der Waals surface area (Å²) >= 11 is 0. The van der Waals surface area contributed by atoms with Crippen molar-refractivity contribution in [2.24, 2.45) is 5.92 Å². The van der Waals surface area contributed by atoms with Crippen molar-refractivity contribution in [3.63, 3.8) is 0 Å². The number of fused-ring (bicyclic) bond motifs is 1. The topological polar surface area (TPSA) is 91.0 Å². The minimum atomic E-state index is -4.35. The van der Waals surface area contributed by atoms with Crippen molar-refractivity contribution in [1.29, 1.82) is 5.26 Å². The first-order chi connectivity index (χ1) is 16.1. The highest BCUT2D eigenvalue weighted by Gasteiger charge is 2.42. The Morgan fingerprint density at radius 1 is 1.29 bits per heavy atom. The molecule has 4 rings (SSSR count). The van der Waals surface area contributed by atoms with E-state index in [0.717, 1.165) is 5.56 Å². The van der Waals surface area contributed by atoms with Gasteiger partial charge >= 0.3 is 6.18 Å². The van der Waals surface area contributed by atoms with Crippen LogP contribution in [0.4, 0.5) is 13.2 Å². The van der Waals surface area contributed by atoms with Gasteiger partial charge in [-0.2, -0.15) is 23.5 Å². The van der Waals surface area contributed by atoms with Crippen molar-refractivity contribution in [3.8, 4) is 6.07 Å². The number of alkyl halides is 3. The summed E-state index contributed by atoms with van der Waals surface area (Å²) < 4.78 is 41.6. The summed E-state index contributed by atoms with van der Waals surface area (Å²) in [5.74, 6) is -2.21. The van der Waals surface area contributed by atoms with Crippen LogP contribution in [0.1, 0.15) is 66.5 Å². The summed E-state index contributed by atoms with van der Waals surface area (Å²) in [6, 6.07) is 10.5. The molecule has 0 saturated carbocycles. The van der Waals surface area contributed by atoms with Crippen LogP contribution in [0.5, 0.6) is 0 Å². The smallest absolute Gasteiger partial charge is 0.331 e. The molecule has 34 heavy (non-hydrogen) atoms. The van der Waals surface area contributed by atoms with Crippen LogP contribution < -0.4 is 5.32 Å². The van der Waals surface area contributed by atoms with Gasteiger partial charge < -0.3 is 10.2 Å². The highest BCUT2D eigenvalue weighted by Crippen LogP contribution is 2.42. The van der Waals surface area contributed by atoms with E-state index in [-0.39, 0.29) is 36.9 Å². The number of allylic oxidation sites excluding steroid dienone is 2. The van der Waals surface area contributed by atoms with Crippen molar-refractivity contribution in [3.05, 3.63) is 58.5 Å². The lowest BCUT2D eigenvalue weighted by Crippen LogP contribution is -2.41. The van der Waals surface area contributed by atoms with Crippen LogP contribution in [0.25, 0.3) is 5.57 Å². The molecule has 0 radical (unpaired) electrons. The maximum Gasteiger partial charge on any atom is 0.392 e. The van der Waals surface area contributed by atoms with E-state index in [1.54, 1.807) is 39.9 Å². The largest absolute Gasteiger partial charge is 0.392 e. The van der Waals surface area contributed by atoms with Gasteiger partial charge in [-0.3, -0.25) is 14.3 Å². The Morgan fingerprint density at radius 2 is 2.00 bits per heavy atom. The Labute approximate surface area is 194 Å². The van der Waals surface area contributed by atoms with Gasteiger partial charge in [0.15, 0.2) is 0 Å². The van der Waals surface area contributed by atoms with E-state index in [1.807, 2.05) is 6.92 Å². The molecule has 1 aliphatic carbocycles. The third-order valence-corrected chi connectivity index (χ3v) is 6.26. The second-order valence-electron chi connectivity index (χ2n) is 8.82. The van der Waals surface area contributed by atoms with Crippen LogP contribution in [0.2, 0.25) is 0 Å². The molecule has 1 N–H and O–H groups in total. The standard InChI is InChI=1S/C24H24F3N5O2/c1-14-12-31(13-17-5-3-16(11-28)4-6-17)23(34)22-10-21(30-32(14)22)19-8-7-18(24(25,26)27)9-20(19)29-15(2)33/h3-6,10,14,18H,7-9,12-13H2,1-2H3,(H,29,33)/t14-,18?/m0/s1. The van der Waals surface area contributed by atoms with Gasteiger partial charge in [-0.25, -0.2) is 0 Å². The summed E-state index contributed by atoms with van der Waals surface area (Å²) in [6.45, 7) is 3.96. The molecule has 7 nitrogen and oxygen atoms in total. The Bertz CT molecular complexity index is 1190. The van der Waals surface area contributed by atoms with Crippen LogP contribution >= 0.6 is 0 Å². The fraction of sp³-hybridized carbons (Fsp3) is 0.417. The van der Waals surface area contributed by atoms with Gasteiger partial charge in [0.05, 0.1) is 29.3 Å². The van der Waals surface area contributed by atoms with Crippen molar-refractivity contribution >= 4 is 17.4 Å². The Kier molecular flexibility index (Phi) is 6.21. The number of aromatic nitrogens is 2. The summed E-state index contributed by atoms with van der Waals surface area (Å²) in [5, 5.41) is 16.1. The normalized spacial score (nSPS) is 20.7. The highest BCUT2D eigenvalue weighted by molar-refractivity contribution is 5.94. The number of benzene rings is 1. The number of nitrogens with one attached hydrogen (secondary N) is 1. The predicted octanol–water partition coefficient (Wildman–Crippen LogP) is 4.18. The number of rotatable bonds is 4. The number of amides is 2. The Morgan fingerprint density at radius 3 is 2.62 bits per heavy atom. The molecule has 2 aliphatic rings. The quantitative estimate of drug-likeness (QED) is 0.724. The number of nitrogens with zero attached hydrogens (tertiary/aromatic N) is 4. The first-order valence-electron chi connectivity index (χ1n) is 11.0. The fourth-order valence-electron chi connectivity index (χ4n) is 4.56. The number of nitriles is 1. The Hall–Kier alpha value is -3.61. The molecule has 2 heterocycles. The third kappa shape index (κ3) is 4.69. The van der Waals surface area contributed by atoms with Gasteiger partial charge in [0.1, 0.15) is 5.69 Å². The molecule has 1 aliphatic heterocycles. The monoisotopic (exact) mass is 471 g/mol. The minimum Gasteiger partial charge on any atom is -0.331 e. The molecule has 10 heteroatoms. The van der Waals surface area contributed by atoms with E-state index >= 15 is 0 Å². The molecule has 1 unspecified atom stereocenters. The first-order valence-corrected chi connectivity index (χ1v) is 11.0. The molecule has 2 aromatic rings. The number of hydrogen-bond donors (Lipinski definition) is 1. The van der Waals surface area contributed by atoms with Crippen molar-refractivity contribution in [1.82, 2.24) is 20.0 Å². The van der Waals surface area contributed by atoms with E-state index in [4.69, 9.17) is 5.26 Å². The minimum absolute atomic E-state index is 0.0988. The molecule has 1 aromatic carbocycles. The lowest BCUT2D eigenvalue weighted by molar-refractivity contribution is -0.176. The second-order valence-corrected chi connectivity index (χ2v) is 8.82. The van der Waals surface area contributed by atoms with E-state index in [0.29, 0.717) is 35.6 Å². The average molecular weight is 471 g/mol. The van der Waals surface area contributed by atoms with Gasteiger partial charge in [0.25, 0.3) is 5.91 Å². The molecule has 1 aromatic heterocycles. The number of carbonyl (C=O) groups is 2. The van der Waals surface area contributed by atoms with E-state index in [1.165, 1.54) is 6.92 Å². The lowest BCUT2D eigenvalue weighted by Gasteiger charge is -2.31. The zero-order valence-corrected chi connectivity index (χ0v) is 18.8. The summed E-state index contributed by atoms with van der Waals surface area (Å²) in [5.41, 5.74) is 2.94. The van der Waals surface area contributed by atoms with Gasteiger partial charge in [-0.1, -0.05) is 12.1 Å². The molecule has 2 amide bonds. The average Bonchev–Trinajstić information content (AvgIpc) is 3.23. The van der Waals surface area contributed by atoms with Crippen LogP contribution in [0.15, 0.2) is 36.0 Å². The molecular formula is C24H24F3N5O2. The zero-order valence-electron chi connectivity index (χ0n) is 18.8. The van der Waals surface area contributed by atoms with Crippen LogP contribution in [0, 0.1) is 17.2 Å². The first kappa shape index (κ1) is 23.5. The van der Waals surface area contributed by atoms with Crippen molar-refractivity contribution in [2.75, 3.05) is 6.54 Å². The Balaban J connectivity index is 1.63. The maximum atomic E-state index is 13.3. The van der Waals surface area contributed by atoms with Gasteiger partial charge in [0.2, 0.25) is 5.91 Å². The van der Waals surface area contributed by atoms with Gasteiger partial charge in [-0.15, -0.1) is 0 Å². The van der Waals surface area contributed by atoms with Crippen LogP contribution in [-0.2, 0) is 11.3 Å². The third-order valence-electron chi connectivity index (χ3n) is 6.26. The van der Waals surface area contributed by atoms with Crippen LogP contribution in [0.3, 0.4) is 0 Å². The summed E-state index contributed by atoms with van der Waals surface area (Å²) in [4.78, 5) is 26.6. The van der Waals surface area contributed by atoms with E-state index in [9.17, 15) is 22.8 Å². The van der Waals surface area contributed by atoms with E-state index in [2.05, 4.69) is 16.5 Å². The number of halogens is 3. The summed E-state index contributed by atoms with van der Waals surface area (Å²) in [7, 11) is 0. The van der Waals surface area contributed by atoms with Gasteiger partial charge in [-0.05, 0) is 55.5 Å². The number of carbonyl (C=O) groups excluding carboxylic acids is 2. The fourth-order valence-corrected chi connectivity index (χ4v) is 4.56. The number of hydrogen-bond acceptors (Lipinski definition) is 4. The molecule has 178 valence electrons. The van der Waals surface area contributed by atoms with Gasteiger partial charge in [0, 0.05) is 25.7 Å². The van der Waals surface area contributed by atoms with E-state index < -0.39 is 18.0 Å². The molecule has 0 fully saturated rings. The second kappa shape index (κ2) is 8.97. The molecule has 0 spiro atoms. The molecule has 2 atom stereocenters. The highest BCUT2D eigenvalue weighted by atomic mass is 19.4. The zero-order chi connectivity index (χ0) is 24.6. The molecule has 0 saturated heterocycles.